The fourth-order valence-corrected chi connectivity index (χ4v) is 1.65. The van der Waals surface area contributed by atoms with Crippen molar-refractivity contribution >= 4 is 17.5 Å². The predicted octanol–water partition coefficient (Wildman–Crippen LogP) is 0.427. The minimum Gasteiger partial charge on any atom is -0.393 e. The Bertz CT molecular complexity index is 457. The molecular formula is C14H21N3O3. The first kappa shape index (κ1) is 16.1. The highest BCUT2D eigenvalue weighted by Crippen LogP contribution is 2.09. The summed E-state index contributed by atoms with van der Waals surface area (Å²) in [6, 6.07) is 6.39. The van der Waals surface area contributed by atoms with E-state index in [9.17, 15) is 14.7 Å². The number of primary amides is 1. The average molecular weight is 279 g/mol. The van der Waals surface area contributed by atoms with Gasteiger partial charge in [0.1, 0.15) is 0 Å². The molecule has 0 spiro atoms. The second-order valence-electron chi connectivity index (χ2n) is 4.87. The Morgan fingerprint density at radius 1 is 1.35 bits per heavy atom. The number of carbonyl (C=O) groups excluding carboxylic acids is 2. The number of likely N-dealkylation sites (N-methyl/N-ethyl adjacent to an activating group) is 1. The van der Waals surface area contributed by atoms with Crippen molar-refractivity contribution in [1.82, 2.24) is 4.90 Å². The molecule has 2 amide bonds. The molecule has 110 valence electrons. The summed E-state index contributed by atoms with van der Waals surface area (Å²) in [4.78, 5) is 24.5. The summed E-state index contributed by atoms with van der Waals surface area (Å²) in [5, 5.41) is 11.9. The van der Waals surface area contributed by atoms with Crippen molar-refractivity contribution in [3.8, 4) is 0 Å². The van der Waals surface area contributed by atoms with Gasteiger partial charge < -0.3 is 16.2 Å². The van der Waals surface area contributed by atoms with Crippen molar-refractivity contribution in [2.45, 2.75) is 19.4 Å². The molecule has 0 aliphatic rings. The second kappa shape index (κ2) is 7.62. The van der Waals surface area contributed by atoms with E-state index >= 15 is 0 Å². The van der Waals surface area contributed by atoms with Gasteiger partial charge in [-0.2, -0.15) is 0 Å². The Morgan fingerprint density at radius 3 is 2.45 bits per heavy atom. The fourth-order valence-electron chi connectivity index (χ4n) is 1.65. The average Bonchev–Trinajstić information content (AvgIpc) is 2.36. The van der Waals surface area contributed by atoms with Gasteiger partial charge in [-0.3, -0.25) is 14.5 Å². The van der Waals surface area contributed by atoms with Gasteiger partial charge in [0.05, 0.1) is 12.6 Å². The first-order valence-corrected chi connectivity index (χ1v) is 6.45. The van der Waals surface area contributed by atoms with E-state index in [1.807, 2.05) is 11.9 Å². The van der Waals surface area contributed by atoms with E-state index in [1.54, 1.807) is 31.2 Å². The maximum atomic E-state index is 11.8. The summed E-state index contributed by atoms with van der Waals surface area (Å²) in [7, 11) is 1.82. The number of nitrogens with two attached hydrogens (primary N) is 1. The Balaban J connectivity index is 2.43. The lowest BCUT2D eigenvalue weighted by Crippen LogP contribution is -2.32. The molecule has 20 heavy (non-hydrogen) atoms. The van der Waals surface area contributed by atoms with E-state index in [1.165, 1.54) is 0 Å². The van der Waals surface area contributed by atoms with Gasteiger partial charge in [-0.15, -0.1) is 0 Å². The minimum absolute atomic E-state index is 0.148. The van der Waals surface area contributed by atoms with Crippen molar-refractivity contribution < 1.29 is 14.7 Å². The molecule has 0 aliphatic heterocycles. The van der Waals surface area contributed by atoms with Crippen LogP contribution in [-0.4, -0.2) is 48.1 Å². The van der Waals surface area contributed by atoms with E-state index in [0.717, 1.165) is 0 Å². The lowest BCUT2D eigenvalue weighted by atomic mass is 10.2. The monoisotopic (exact) mass is 279 g/mol. The van der Waals surface area contributed by atoms with Crippen molar-refractivity contribution in [1.29, 1.82) is 0 Å². The molecule has 0 heterocycles. The van der Waals surface area contributed by atoms with Gasteiger partial charge in [0.2, 0.25) is 11.8 Å². The molecule has 0 aromatic heterocycles. The third-order valence-electron chi connectivity index (χ3n) is 2.80. The molecule has 1 aromatic carbocycles. The molecule has 0 aliphatic carbocycles. The number of anilines is 1. The largest absolute Gasteiger partial charge is 0.393 e. The van der Waals surface area contributed by atoms with Crippen LogP contribution in [0.1, 0.15) is 23.7 Å². The number of hydrogen-bond donors (Lipinski definition) is 3. The Kier molecular flexibility index (Phi) is 6.14. The van der Waals surface area contributed by atoms with Gasteiger partial charge in [0.15, 0.2) is 0 Å². The normalized spacial score (nSPS) is 12.2. The number of hydrogen-bond acceptors (Lipinski definition) is 4. The van der Waals surface area contributed by atoms with Crippen LogP contribution in [0.15, 0.2) is 24.3 Å². The summed E-state index contributed by atoms with van der Waals surface area (Å²) in [5.41, 5.74) is 6.15. The molecule has 4 N–H and O–H groups in total. The van der Waals surface area contributed by atoms with Crippen LogP contribution in [0.2, 0.25) is 0 Å². The van der Waals surface area contributed by atoms with Gasteiger partial charge in [0, 0.05) is 17.8 Å². The van der Waals surface area contributed by atoms with Gasteiger partial charge >= 0.3 is 0 Å². The Morgan fingerprint density at radius 2 is 1.95 bits per heavy atom. The molecule has 0 saturated carbocycles. The smallest absolute Gasteiger partial charge is 0.248 e. The van der Waals surface area contributed by atoms with E-state index in [0.29, 0.717) is 24.2 Å². The number of carbonyl (C=O) groups is 2. The standard InChI is InChI=1S/C14H21N3O3/c1-10(18)7-8-17(2)9-13(19)16-12-5-3-11(4-6-12)14(15)20/h3-6,10,18H,7-9H2,1-2H3,(H2,15,20)(H,16,19). The lowest BCUT2D eigenvalue weighted by Gasteiger charge is -2.17. The molecular weight excluding hydrogens is 258 g/mol. The van der Waals surface area contributed by atoms with Gasteiger partial charge in [-0.1, -0.05) is 0 Å². The number of nitrogens with one attached hydrogen (secondary N) is 1. The van der Waals surface area contributed by atoms with Crippen LogP contribution in [-0.2, 0) is 4.79 Å². The summed E-state index contributed by atoms with van der Waals surface area (Å²) in [5.74, 6) is -0.648. The zero-order valence-corrected chi connectivity index (χ0v) is 11.8. The van der Waals surface area contributed by atoms with Crippen molar-refractivity contribution in [3.63, 3.8) is 0 Å². The summed E-state index contributed by atoms with van der Waals surface area (Å²) in [6.07, 6.45) is 0.249. The van der Waals surface area contributed by atoms with Crippen LogP contribution >= 0.6 is 0 Å². The maximum absolute atomic E-state index is 11.8. The SMILES string of the molecule is CC(O)CCN(C)CC(=O)Nc1ccc(C(N)=O)cc1. The number of rotatable bonds is 7. The third kappa shape index (κ3) is 5.81. The molecule has 1 atom stereocenters. The predicted molar refractivity (Wildman–Crippen MR) is 77.4 cm³/mol. The molecule has 1 aromatic rings. The lowest BCUT2D eigenvalue weighted by molar-refractivity contribution is -0.117. The molecule has 0 saturated heterocycles. The molecule has 0 radical (unpaired) electrons. The number of aliphatic hydroxyl groups excluding tert-OH is 1. The number of nitrogens with zero attached hydrogens (tertiary/aromatic N) is 1. The molecule has 1 unspecified atom stereocenters. The number of amides is 2. The molecule has 0 bridgehead atoms. The van der Waals surface area contributed by atoms with Gasteiger partial charge in [0.25, 0.3) is 0 Å². The first-order chi connectivity index (χ1) is 9.38. The zero-order chi connectivity index (χ0) is 15.1. The van der Waals surface area contributed by atoms with E-state index in [2.05, 4.69) is 5.32 Å². The van der Waals surface area contributed by atoms with Gasteiger partial charge in [-0.05, 0) is 44.7 Å². The number of benzene rings is 1. The quantitative estimate of drug-likeness (QED) is 0.674. The van der Waals surface area contributed by atoms with Crippen LogP contribution in [0.5, 0.6) is 0 Å². The van der Waals surface area contributed by atoms with E-state index in [4.69, 9.17) is 5.73 Å². The number of aliphatic hydroxyl groups is 1. The van der Waals surface area contributed by atoms with E-state index < -0.39 is 5.91 Å². The van der Waals surface area contributed by atoms with Crippen LogP contribution in [0.4, 0.5) is 5.69 Å². The second-order valence-corrected chi connectivity index (χ2v) is 4.87. The van der Waals surface area contributed by atoms with Crippen molar-refractivity contribution in [2.24, 2.45) is 5.73 Å². The summed E-state index contributed by atoms with van der Waals surface area (Å²) < 4.78 is 0. The van der Waals surface area contributed by atoms with E-state index in [-0.39, 0.29) is 18.6 Å². The maximum Gasteiger partial charge on any atom is 0.248 e. The van der Waals surface area contributed by atoms with Crippen molar-refractivity contribution in [3.05, 3.63) is 29.8 Å². The topological polar surface area (TPSA) is 95.7 Å². The fraction of sp³-hybridized carbons (Fsp3) is 0.429. The first-order valence-electron chi connectivity index (χ1n) is 6.45. The highest BCUT2D eigenvalue weighted by Gasteiger charge is 2.08. The molecule has 6 heteroatoms. The Labute approximate surface area is 118 Å². The summed E-state index contributed by atoms with van der Waals surface area (Å²) >= 11 is 0. The third-order valence-corrected chi connectivity index (χ3v) is 2.80. The van der Waals surface area contributed by atoms with Crippen LogP contribution < -0.4 is 11.1 Å². The van der Waals surface area contributed by atoms with Crippen molar-refractivity contribution in [2.75, 3.05) is 25.5 Å². The zero-order valence-electron chi connectivity index (χ0n) is 11.8. The highest BCUT2D eigenvalue weighted by molar-refractivity contribution is 5.95. The van der Waals surface area contributed by atoms with Gasteiger partial charge in [-0.25, -0.2) is 0 Å². The minimum atomic E-state index is -0.499. The highest BCUT2D eigenvalue weighted by atomic mass is 16.3. The van der Waals surface area contributed by atoms with Crippen LogP contribution in [0.3, 0.4) is 0 Å². The van der Waals surface area contributed by atoms with Crippen LogP contribution in [0, 0.1) is 0 Å². The molecule has 6 nitrogen and oxygen atoms in total. The van der Waals surface area contributed by atoms with Crippen LogP contribution in [0.25, 0.3) is 0 Å². The Hall–Kier alpha value is -1.92. The molecule has 1 rings (SSSR count). The molecule has 0 fully saturated rings. The summed E-state index contributed by atoms with van der Waals surface area (Å²) in [6.45, 7) is 2.60.